The molecule has 0 aliphatic carbocycles. The van der Waals surface area contributed by atoms with Crippen LogP contribution < -0.4 is 0 Å². The quantitative estimate of drug-likeness (QED) is 0.662. The summed E-state index contributed by atoms with van der Waals surface area (Å²) in [7, 11) is 0. The Kier molecular flexibility index (Phi) is 1.92. The maximum atomic E-state index is 5.52. The van der Waals surface area contributed by atoms with Crippen LogP contribution in [0.25, 0.3) is 0 Å². The molecule has 0 radical (unpaired) electrons. The molecule has 14 heavy (non-hydrogen) atoms. The van der Waals surface area contributed by atoms with Gasteiger partial charge in [0, 0.05) is 5.56 Å². The van der Waals surface area contributed by atoms with E-state index in [1.165, 1.54) is 0 Å². The van der Waals surface area contributed by atoms with E-state index in [-0.39, 0.29) is 0 Å². The maximum absolute atomic E-state index is 5.52. The van der Waals surface area contributed by atoms with Gasteiger partial charge >= 0.3 is 0 Å². The van der Waals surface area contributed by atoms with Crippen molar-refractivity contribution in [2.75, 3.05) is 0 Å². The number of benzene rings is 1. The van der Waals surface area contributed by atoms with Gasteiger partial charge in [0.1, 0.15) is 11.5 Å². The number of ether oxygens (including phenoxy) is 1. The van der Waals surface area contributed by atoms with E-state index in [1.807, 2.05) is 44.2 Å². The first kappa shape index (κ1) is 9.00. The number of allylic oxidation sites excluding steroid dienone is 1. The standard InChI is InChI=1S/C12H13NO/c1-9-11(13-12(2,3)14-9)10-7-5-4-6-8-10/h4-8H,1H2,2-3H3. The van der Waals surface area contributed by atoms with Crippen LogP contribution in [-0.4, -0.2) is 11.4 Å². The Balaban J connectivity index is 2.42. The van der Waals surface area contributed by atoms with E-state index in [1.54, 1.807) is 0 Å². The average Bonchev–Trinajstić information content (AvgIpc) is 2.41. The number of rotatable bonds is 1. The van der Waals surface area contributed by atoms with Crippen LogP contribution in [0, 0.1) is 0 Å². The molecule has 1 aromatic rings. The predicted molar refractivity (Wildman–Crippen MR) is 57.3 cm³/mol. The lowest BCUT2D eigenvalue weighted by atomic mass is 10.1. The number of hydrogen-bond donors (Lipinski definition) is 0. The molecule has 2 heteroatoms. The summed E-state index contributed by atoms with van der Waals surface area (Å²) in [6.07, 6.45) is 0. The van der Waals surface area contributed by atoms with Gasteiger partial charge in [-0.15, -0.1) is 0 Å². The summed E-state index contributed by atoms with van der Waals surface area (Å²) in [5.74, 6) is 0.654. The molecule has 0 unspecified atom stereocenters. The van der Waals surface area contributed by atoms with Crippen LogP contribution in [0.3, 0.4) is 0 Å². The van der Waals surface area contributed by atoms with E-state index in [0.29, 0.717) is 5.76 Å². The van der Waals surface area contributed by atoms with Crippen LogP contribution in [-0.2, 0) is 4.74 Å². The molecule has 0 atom stereocenters. The fraction of sp³-hybridized carbons (Fsp3) is 0.250. The monoisotopic (exact) mass is 187 g/mol. The number of aliphatic imine (C=N–C) groups is 1. The molecule has 2 rings (SSSR count). The molecular weight excluding hydrogens is 174 g/mol. The summed E-state index contributed by atoms with van der Waals surface area (Å²) < 4.78 is 5.52. The number of nitrogens with zero attached hydrogens (tertiary/aromatic N) is 1. The Morgan fingerprint density at radius 3 is 2.36 bits per heavy atom. The zero-order valence-electron chi connectivity index (χ0n) is 8.45. The first-order chi connectivity index (χ1) is 6.58. The summed E-state index contributed by atoms with van der Waals surface area (Å²) in [6.45, 7) is 7.70. The molecule has 0 saturated heterocycles. The van der Waals surface area contributed by atoms with Crippen molar-refractivity contribution in [3.63, 3.8) is 0 Å². The lowest BCUT2D eigenvalue weighted by molar-refractivity contribution is 0.0728. The van der Waals surface area contributed by atoms with E-state index in [2.05, 4.69) is 11.6 Å². The van der Waals surface area contributed by atoms with Crippen molar-refractivity contribution in [2.24, 2.45) is 4.99 Å². The second kappa shape index (κ2) is 2.98. The minimum Gasteiger partial charge on any atom is -0.465 e. The van der Waals surface area contributed by atoms with Crippen LogP contribution in [0.5, 0.6) is 0 Å². The molecule has 1 aliphatic rings. The maximum Gasteiger partial charge on any atom is 0.195 e. The van der Waals surface area contributed by atoms with Crippen LogP contribution in [0.1, 0.15) is 19.4 Å². The molecule has 0 amide bonds. The Hall–Kier alpha value is -1.57. The zero-order valence-corrected chi connectivity index (χ0v) is 8.45. The summed E-state index contributed by atoms with van der Waals surface area (Å²) in [5, 5.41) is 0. The molecule has 0 N–H and O–H groups in total. The molecule has 1 aliphatic heterocycles. The van der Waals surface area contributed by atoms with Crippen molar-refractivity contribution < 1.29 is 4.74 Å². The molecule has 0 bridgehead atoms. The van der Waals surface area contributed by atoms with Gasteiger partial charge in [-0.3, -0.25) is 0 Å². The van der Waals surface area contributed by atoms with Gasteiger partial charge in [-0.2, -0.15) is 0 Å². The van der Waals surface area contributed by atoms with Crippen LogP contribution >= 0.6 is 0 Å². The summed E-state index contributed by atoms with van der Waals surface area (Å²) in [4.78, 5) is 4.47. The minimum atomic E-state index is -0.470. The van der Waals surface area contributed by atoms with Gasteiger partial charge in [0.25, 0.3) is 0 Å². The van der Waals surface area contributed by atoms with Crippen molar-refractivity contribution in [3.05, 3.63) is 48.2 Å². The van der Waals surface area contributed by atoms with E-state index < -0.39 is 5.72 Å². The van der Waals surface area contributed by atoms with Gasteiger partial charge in [0.05, 0.1) is 0 Å². The third-order valence-electron chi connectivity index (χ3n) is 2.07. The molecular formula is C12H13NO. The van der Waals surface area contributed by atoms with Gasteiger partial charge in [-0.25, -0.2) is 4.99 Å². The fourth-order valence-corrected chi connectivity index (χ4v) is 1.53. The Bertz CT molecular complexity index is 390. The molecule has 0 saturated carbocycles. The highest BCUT2D eigenvalue weighted by Crippen LogP contribution is 2.27. The fourth-order valence-electron chi connectivity index (χ4n) is 1.53. The van der Waals surface area contributed by atoms with Crippen molar-refractivity contribution in [3.8, 4) is 0 Å². The molecule has 1 aromatic carbocycles. The second-order valence-electron chi connectivity index (χ2n) is 3.80. The number of hydrogen-bond acceptors (Lipinski definition) is 2. The SMILES string of the molecule is C=C1OC(C)(C)N=C1c1ccccc1. The van der Waals surface area contributed by atoms with E-state index in [0.717, 1.165) is 11.3 Å². The Labute approximate surface area is 83.9 Å². The first-order valence-electron chi connectivity index (χ1n) is 4.62. The highest BCUT2D eigenvalue weighted by atomic mass is 16.5. The molecule has 0 fully saturated rings. The van der Waals surface area contributed by atoms with Crippen molar-refractivity contribution in [1.82, 2.24) is 0 Å². The largest absolute Gasteiger partial charge is 0.465 e. The Morgan fingerprint density at radius 2 is 1.86 bits per heavy atom. The Morgan fingerprint density at radius 1 is 1.21 bits per heavy atom. The van der Waals surface area contributed by atoms with E-state index in [9.17, 15) is 0 Å². The van der Waals surface area contributed by atoms with E-state index in [4.69, 9.17) is 4.74 Å². The molecule has 72 valence electrons. The summed E-state index contributed by atoms with van der Waals surface area (Å²) in [6, 6.07) is 9.96. The van der Waals surface area contributed by atoms with Crippen LogP contribution in [0.15, 0.2) is 47.7 Å². The topological polar surface area (TPSA) is 21.6 Å². The van der Waals surface area contributed by atoms with Gasteiger partial charge in [-0.1, -0.05) is 36.9 Å². The van der Waals surface area contributed by atoms with Gasteiger partial charge in [-0.05, 0) is 13.8 Å². The lowest BCUT2D eigenvalue weighted by Gasteiger charge is -2.13. The zero-order chi connectivity index (χ0) is 10.2. The smallest absolute Gasteiger partial charge is 0.195 e. The van der Waals surface area contributed by atoms with Crippen molar-refractivity contribution in [2.45, 2.75) is 19.6 Å². The minimum absolute atomic E-state index is 0.470. The molecule has 0 spiro atoms. The third kappa shape index (κ3) is 1.55. The highest BCUT2D eigenvalue weighted by molar-refractivity contribution is 6.12. The highest BCUT2D eigenvalue weighted by Gasteiger charge is 2.29. The molecule has 0 aromatic heterocycles. The molecule has 2 nitrogen and oxygen atoms in total. The average molecular weight is 187 g/mol. The van der Waals surface area contributed by atoms with Gasteiger partial charge in [0.15, 0.2) is 5.72 Å². The van der Waals surface area contributed by atoms with Gasteiger partial charge in [0.2, 0.25) is 0 Å². The summed E-state index contributed by atoms with van der Waals surface area (Å²) >= 11 is 0. The third-order valence-corrected chi connectivity index (χ3v) is 2.07. The molecule has 1 heterocycles. The van der Waals surface area contributed by atoms with Gasteiger partial charge < -0.3 is 4.74 Å². The normalized spacial score (nSPS) is 19.0. The second-order valence-corrected chi connectivity index (χ2v) is 3.80. The lowest BCUT2D eigenvalue weighted by Crippen LogP contribution is -2.14. The van der Waals surface area contributed by atoms with Crippen molar-refractivity contribution >= 4 is 5.71 Å². The first-order valence-corrected chi connectivity index (χ1v) is 4.62. The van der Waals surface area contributed by atoms with Crippen LogP contribution in [0.4, 0.5) is 0 Å². The predicted octanol–water partition coefficient (Wildman–Crippen LogP) is 2.76. The van der Waals surface area contributed by atoms with Crippen LogP contribution in [0.2, 0.25) is 0 Å². The summed E-state index contributed by atoms with van der Waals surface area (Å²) in [5.41, 5.74) is 1.45. The van der Waals surface area contributed by atoms with Crippen molar-refractivity contribution in [1.29, 1.82) is 0 Å². The van der Waals surface area contributed by atoms with E-state index >= 15 is 0 Å².